The summed E-state index contributed by atoms with van der Waals surface area (Å²) in [6.45, 7) is 4.88. The van der Waals surface area contributed by atoms with Crippen molar-refractivity contribution in [2.75, 3.05) is 6.54 Å². The molecule has 0 radical (unpaired) electrons. The number of likely N-dealkylation sites (N-methyl/N-ethyl adjacent to an activating group) is 1. The van der Waals surface area contributed by atoms with Gasteiger partial charge in [0.05, 0.1) is 5.01 Å². The third-order valence-corrected chi connectivity index (χ3v) is 4.39. The minimum atomic E-state index is -0.168. The fraction of sp³-hybridized carbons (Fsp3) is 0.357. The number of halogens is 2. The highest BCUT2D eigenvalue weighted by molar-refractivity contribution is 9.10. The monoisotopic (exact) mass is 342 g/mol. The van der Waals surface area contributed by atoms with Crippen LogP contribution < -0.4 is 5.32 Å². The molecular formula is C14H16BrFN2S. The summed E-state index contributed by atoms with van der Waals surface area (Å²) in [6, 6.07) is 5.33. The maximum atomic E-state index is 13.9. The van der Waals surface area contributed by atoms with Gasteiger partial charge >= 0.3 is 0 Å². The standard InChI is InChI=1S/C14H16BrFN2S/c1-3-17-13(14-8-18-9(2)19-14)6-10-4-5-11(15)7-12(10)16/h4-5,7-8,13,17H,3,6H2,1-2H3. The first-order valence-corrected chi connectivity index (χ1v) is 7.80. The van der Waals surface area contributed by atoms with Crippen LogP contribution in [0.4, 0.5) is 4.39 Å². The largest absolute Gasteiger partial charge is 0.309 e. The molecule has 1 aromatic carbocycles. The maximum Gasteiger partial charge on any atom is 0.127 e. The molecule has 2 nitrogen and oxygen atoms in total. The average Bonchev–Trinajstić information content (AvgIpc) is 2.78. The van der Waals surface area contributed by atoms with Crippen LogP contribution >= 0.6 is 27.3 Å². The third kappa shape index (κ3) is 3.84. The van der Waals surface area contributed by atoms with Gasteiger partial charge in [-0.15, -0.1) is 11.3 Å². The van der Waals surface area contributed by atoms with Crippen LogP contribution in [-0.4, -0.2) is 11.5 Å². The lowest BCUT2D eigenvalue weighted by Gasteiger charge is -2.16. The Balaban J connectivity index is 2.21. The Bertz CT molecular complexity index is 556. The van der Waals surface area contributed by atoms with Crippen molar-refractivity contribution in [3.63, 3.8) is 0 Å². The van der Waals surface area contributed by atoms with E-state index in [1.165, 1.54) is 6.07 Å². The van der Waals surface area contributed by atoms with Gasteiger partial charge < -0.3 is 5.32 Å². The van der Waals surface area contributed by atoms with Gasteiger partial charge in [0.2, 0.25) is 0 Å². The molecule has 0 fully saturated rings. The van der Waals surface area contributed by atoms with Gasteiger partial charge in [0.25, 0.3) is 0 Å². The molecule has 19 heavy (non-hydrogen) atoms. The Kier molecular flexibility index (Phi) is 5.07. The van der Waals surface area contributed by atoms with Gasteiger partial charge in [-0.2, -0.15) is 0 Å². The third-order valence-electron chi connectivity index (χ3n) is 2.87. The van der Waals surface area contributed by atoms with E-state index in [-0.39, 0.29) is 11.9 Å². The van der Waals surface area contributed by atoms with Gasteiger partial charge in [-0.05, 0) is 37.6 Å². The van der Waals surface area contributed by atoms with E-state index in [1.54, 1.807) is 11.3 Å². The Labute approximate surface area is 125 Å². The van der Waals surface area contributed by atoms with E-state index in [1.807, 2.05) is 25.3 Å². The summed E-state index contributed by atoms with van der Waals surface area (Å²) in [4.78, 5) is 5.43. The Morgan fingerprint density at radius 1 is 1.47 bits per heavy atom. The normalized spacial score (nSPS) is 12.6. The molecule has 1 N–H and O–H groups in total. The van der Waals surface area contributed by atoms with Crippen molar-refractivity contribution in [3.8, 4) is 0 Å². The number of thiazole rings is 1. The van der Waals surface area contributed by atoms with Crippen LogP contribution in [0.1, 0.15) is 28.4 Å². The van der Waals surface area contributed by atoms with Crippen LogP contribution in [-0.2, 0) is 6.42 Å². The van der Waals surface area contributed by atoms with Crippen LogP contribution in [0.5, 0.6) is 0 Å². The van der Waals surface area contributed by atoms with E-state index in [9.17, 15) is 4.39 Å². The summed E-state index contributed by atoms with van der Waals surface area (Å²) in [5.74, 6) is -0.168. The summed E-state index contributed by atoms with van der Waals surface area (Å²) in [7, 11) is 0. The van der Waals surface area contributed by atoms with E-state index in [4.69, 9.17) is 0 Å². The molecule has 0 aliphatic rings. The number of nitrogens with one attached hydrogen (secondary N) is 1. The molecule has 0 saturated carbocycles. The van der Waals surface area contributed by atoms with Crippen molar-refractivity contribution >= 4 is 27.3 Å². The number of aromatic nitrogens is 1. The second-order valence-electron chi connectivity index (χ2n) is 4.33. The molecule has 2 rings (SSSR count). The van der Waals surface area contributed by atoms with Crippen molar-refractivity contribution < 1.29 is 4.39 Å². The first-order valence-electron chi connectivity index (χ1n) is 6.19. The van der Waals surface area contributed by atoms with Crippen molar-refractivity contribution in [1.29, 1.82) is 0 Å². The number of rotatable bonds is 5. The van der Waals surface area contributed by atoms with Gasteiger partial charge in [-0.3, -0.25) is 0 Å². The summed E-state index contributed by atoms with van der Waals surface area (Å²) >= 11 is 4.94. The predicted octanol–water partition coefficient (Wildman–Crippen LogP) is 4.25. The molecule has 0 amide bonds. The fourth-order valence-electron chi connectivity index (χ4n) is 1.97. The second-order valence-corrected chi connectivity index (χ2v) is 6.51. The molecule has 0 aliphatic carbocycles. The lowest BCUT2D eigenvalue weighted by atomic mass is 10.0. The summed E-state index contributed by atoms with van der Waals surface area (Å²) in [5.41, 5.74) is 0.722. The molecule has 0 bridgehead atoms. The van der Waals surface area contributed by atoms with Crippen LogP contribution in [0.15, 0.2) is 28.9 Å². The fourth-order valence-corrected chi connectivity index (χ4v) is 3.16. The zero-order chi connectivity index (χ0) is 13.8. The summed E-state index contributed by atoms with van der Waals surface area (Å²) in [5, 5.41) is 4.43. The predicted molar refractivity (Wildman–Crippen MR) is 81.1 cm³/mol. The number of hydrogen-bond acceptors (Lipinski definition) is 3. The van der Waals surface area contributed by atoms with Gasteiger partial charge in [-0.1, -0.05) is 28.9 Å². The first kappa shape index (κ1) is 14.6. The van der Waals surface area contributed by atoms with Crippen molar-refractivity contribution in [3.05, 3.63) is 50.1 Å². The zero-order valence-electron chi connectivity index (χ0n) is 10.9. The minimum Gasteiger partial charge on any atom is -0.309 e. The van der Waals surface area contributed by atoms with Crippen LogP contribution in [0, 0.1) is 12.7 Å². The Hall–Kier alpha value is -0.780. The summed E-state index contributed by atoms with van der Waals surface area (Å²) < 4.78 is 14.7. The number of nitrogens with zero attached hydrogens (tertiary/aromatic N) is 1. The molecule has 0 spiro atoms. The van der Waals surface area contributed by atoms with Crippen molar-refractivity contribution in [2.24, 2.45) is 0 Å². The van der Waals surface area contributed by atoms with Gasteiger partial charge in [-0.25, -0.2) is 9.37 Å². The lowest BCUT2D eigenvalue weighted by molar-refractivity contribution is 0.533. The van der Waals surface area contributed by atoms with E-state index < -0.39 is 0 Å². The SMILES string of the molecule is CCNC(Cc1ccc(Br)cc1F)c1cnc(C)s1. The Morgan fingerprint density at radius 3 is 2.84 bits per heavy atom. The number of aryl methyl sites for hydroxylation is 1. The molecule has 5 heteroatoms. The Morgan fingerprint density at radius 2 is 2.26 bits per heavy atom. The van der Waals surface area contributed by atoms with E-state index >= 15 is 0 Å². The molecule has 1 heterocycles. The molecule has 1 unspecified atom stereocenters. The highest BCUT2D eigenvalue weighted by atomic mass is 79.9. The molecule has 1 atom stereocenters. The smallest absolute Gasteiger partial charge is 0.127 e. The lowest BCUT2D eigenvalue weighted by Crippen LogP contribution is -2.22. The van der Waals surface area contributed by atoms with Crippen LogP contribution in [0.2, 0.25) is 0 Å². The quantitative estimate of drug-likeness (QED) is 0.878. The van der Waals surface area contributed by atoms with E-state index in [2.05, 4.69) is 33.2 Å². The highest BCUT2D eigenvalue weighted by Crippen LogP contribution is 2.26. The summed E-state index contributed by atoms with van der Waals surface area (Å²) in [6.07, 6.45) is 2.51. The molecule has 0 aliphatic heterocycles. The van der Waals surface area contributed by atoms with E-state index in [0.29, 0.717) is 6.42 Å². The van der Waals surface area contributed by atoms with Gasteiger partial charge in [0, 0.05) is 21.6 Å². The zero-order valence-corrected chi connectivity index (χ0v) is 13.3. The van der Waals surface area contributed by atoms with Gasteiger partial charge in [0.1, 0.15) is 5.82 Å². The van der Waals surface area contributed by atoms with Crippen molar-refractivity contribution in [2.45, 2.75) is 26.3 Å². The highest BCUT2D eigenvalue weighted by Gasteiger charge is 2.16. The number of benzene rings is 1. The number of hydrogen-bond donors (Lipinski definition) is 1. The van der Waals surface area contributed by atoms with Gasteiger partial charge in [0.15, 0.2) is 0 Å². The second kappa shape index (κ2) is 6.59. The molecule has 0 saturated heterocycles. The van der Waals surface area contributed by atoms with Crippen LogP contribution in [0.3, 0.4) is 0 Å². The molecule has 2 aromatic rings. The molecule has 102 valence electrons. The van der Waals surface area contributed by atoms with Crippen molar-refractivity contribution in [1.82, 2.24) is 10.3 Å². The van der Waals surface area contributed by atoms with E-state index in [0.717, 1.165) is 26.5 Å². The first-order chi connectivity index (χ1) is 9.10. The molecule has 1 aromatic heterocycles. The molecular weight excluding hydrogens is 327 g/mol. The average molecular weight is 343 g/mol. The minimum absolute atomic E-state index is 0.117. The van der Waals surface area contributed by atoms with Crippen LogP contribution in [0.25, 0.3) is 0 Å². The maximum absolute atomic E-state index is 13.9. The topological polar surface area (TPSA) is 24.9 Å².